The number of hydrogen-bond donors (Lipinski definition) is 3. The summed E-state index contributed by atoms with van der Waals surface area (Å²) in [6, 6.07) is 13.2. The van der Waals surface area contributed by atoms with Gasteiger partial charge in [0.15, 0.2) is 0 Å². The second kappa shape index (κ2) is 10.5. The molecule has 39 heavy (non-hydrogen) atoms. The normalized spacial score (nSPS) is 18.7. The molecule has 5 rings (SSSR count). The number of halogens is 1. The predicted molar refractivity (Wildman–Crippen MR) is 151 cm³/mol. The Labute approximate surface area is 230 Å². The lowest BCUT2D eigenvalue weighted by atomic mass is 9.89. The summed E-state index contributed by atoms with van der Waals surface area (Å²) in [6.07, 6.45) is 2.87. The van der Waals surface area contributed by atoms with E-state index >= 15 is 0 Å². The Morgan fingerprint density at radius 3 is 2.59 bits per heavy atom. The molecule has 3 unspecified atom stereocenters. The lowest BCUT2D eigenvalue weighted by Crippen LogP contribution is -2.53. The second-order valence-electron chi connectivity index (χ2n) is 10.8. The lowest BCUT2D eigenvalue weighted by molar-refractivity contribution is -0.131. The molecule has 0 spiro atoms. The van der Waals surface area contributed by atoms with Gasteiger partial charge in [-0.15, -0.1) is 0 Å². The third-order valence-electron chi connectivity index (χ3n) is 7.40. The number of nitrogens with zero attached hydrogens (tertiary/aromatic N) is 2. The van der Waals surface area contributed by atoms with Gasteiger partial charge in [-0.2, -0.15) is 0 Å². The Bertz CT molecular complexity index is 1610. The van der Waals surface area contributed by atoms with Crippen LogP contribution in [-0.4, -0.2) is 33.1 Å². The minimum absolute atomic E-state index is 0.177. The number of benzene rings is 2. The minimum atomic E-state index is -1.15. The van der Waals surface area contributed by atoms with Crippen LogP contribution < -0.4 is 21.9 Å². The van der Waals surface area contributed by atoms with Gasteiger partial charge in [0.1, 0.15) is 22.7 Å². The number of hydrogen-bond acceptors (Lipinski definition) is 6. The summed E-state index contributed by atoms with van der Waals surface area (Å²) in [4.78, 5) is 40.0. The fraction of sp³-hybridized carbons (Fsp3) is 0.379. The van der Waals surface area contributed by atoms with Crippen LogP contribution in [0.1, 0.15) is 62.9 Å². The molecule has 0 saturated heterocycles. The van der Waals surface area contributed by atoms with Crippen LogP contribution in [0.25, 0.3) is 21.8 Å². The summed E-state index contributed by atoms with van der Waals surface area (Å²) >= 11 is 6.58. The first-order valence-corrected chi connectivity index (χ1v) is 13.5. The average Bonchev–Trinajstić information content (AvgIpc) is 3.29. The molecule has 204 valence electrons. The number of pyridine rings is 1. The van der Waals surface area contributed by atoms with Crippen molar-refractivity contribution in [2.24, 2.45) is 5.73 Å². The number of nitrogens with one attached hydrogen (secondary N) is 2. The van der Waals surface area contributed by atoms with Crippen molar-refractivity contribution in [3.8, 4) is 0 Å². The summed E-state index contributed by atoms with van der Waals surface area (Å²) in [6.45, 7) is 4.90. The van der Waals surface area contributed by atoms with E-state index in [9.17, 15) is 14.4 Å². The van der Waals surface area contributed by atoms with E-state index in [4.69, 9.17) is 21.9 Å². The van der Waals surface area contributed by atoms with Gasteiger partial charge in [-0.25, -0.2) is 0 Å². The largest absolute Gasteiger partial charge is 0.360 e. The molecule has 9 nitrogen and oxygen atoms in total. The highest BCUT2D eigenvalue weighted by molar-refractivity contribution is 6.37. The first-order valence-electron chi connectivity index (χ1n) is 13.1. The first-order chi connectivity index (χ1) is 18.6. The third kappa shape index (κ3) is 5.16. The van der Waals surface area contributed by atoms with E-state index in [1.54, 1.807) is 43.5 Å². The van der Waals surface area contributed by atoms with Crippen molar-refractivity contribution in [3.05, 3.63) is 75.2 Å². The zero-order valence-corrected chi connectivity index (χ0v) is 22.9. The zero-order valence-electron chi connectivity index (χ0n) is 22.2. The van der Waals surface area contributed by atoms with Crippen molar-refractivity contribution in [1.29, 1.82) is 0 Å². The van der Waals surface area contributed by atoms with Crippen molar-refractivity contribution in [3.63, 3.8) is 0 Å². The number of amides is 2. The van der Waals surface area contributed by atoms with Crippen LogP contribution in [0, 0.1) is 6.92 Å². The molecule has 4 aromatic rings. The summed E-state index contributed by atoms with van der Waals surface area (Å²) in [5.74, 6) is -0.314. The molecule has 0 bridgehead atoms. The van der Waals surface area contributed by atoms with E-state index in [0.29, 0.717) is 44.6 Å². The molecule has 1 aliphatic rings. The zero-order chi connectivity index (χ0) is 27.9. The predicted octanol–water partition coefficient (Wildman–Crippen LogP) is 4.30. The fourth-order valence-corrected chi connectivity index (χ4v) is 5.67. The van der Waals surface area contributed by atoms with Crippen molar-refractivity contribution in [2.45, 2.75) is 70.1 Å². The summed E-state index contributed by atoms with van der Waals surface area (Å²) < 4.78 is 7.15. The van der Waals surface area contributed by atoms with Crippen molar-refractivity contribution in [2.75, 3.05) is 0 Å². The van der Waals surface area contributed by atoms with Crippen LogP contribution in [0.15, 0.2) is 57.8 Å². The highest BCUT2D eigenvalue weighted by Gasteiger charge is 2.33. The van der Waals surface area contributed by atoms with Crippen molar-refractivity contribution in [1.82, 2.24) is 20.4 Å². The van der Waals surface area contributed by atoms with Gasteiger partial charge in [-0.3, -0.25) is 14.4 Å². The molecule has 2 aromatic carbocycles. The highest BCUT2D eigenvalue weighted by Crippen LogP contribution is 2.35. The molecular weight excluding hydrogens is 518 g/mol. The van der Waals surface area contributed by atoms with Crippen molar-refractivity contribution < 1.29 is 14.1 Å². The molecule has 0 aliphatic heterocycles. The number of carbonyl (C=O) groups is 2. The Hall–Kier alpha value is -3.69. The van der Waals surface area contributed by atoms with Gasteiger partial charge in [-0.05, 0) is 64.2 Å². The molecular formula is C29H32ClN5O4. The fourth-order valence-electron chi connectivity index (χ4n) is 5.41. The smallest absolute Gasteiger partial charge is 0.264 e. The first kappa shape index (κ1) is 26.9. The van der Waals surface area contributed by atoms with Gasteiger partial charge in [0, 0.05) is 17.5 Å². The average molecular weight is 550 g/mol. The van der Waals surface area contributed by atoms with Crippen LogP contribution in [0.5, 0.6) is 0 Å². The molecule has 10 heteroatoms. The van der Waals surface area contributed by atoms with Crippen LogP contribution in [0.4, 0.5) is 0 Å². The number of aromatic nitrogens is 2. The maximum absolute atomic E-state index is 13.7. The third-order valence-corrected chi connectivity index (χ3v) is 7.71. The maximum atomic E-state index is 13.7. The lowest BCUT2D eigenvalue weighted by Gasteiger charge is -2.33. The Kier molecular flexibility index (Phi) is 7.22. The monoisotopic (exact) mass is 549 g/mol. The standard InChI is InChI=1S/C29H32ClN5O4/c1-16-22-25(34-39-16)23-20(30)13-8-14-21(23)35(27(22)37)19-12-7-11-18(15-19)32-26(36)24(17-9-5-4-6-10-17)33-28(38)29(2,3)31/h4-6,8-10,13-14,18-19,24H,7,11-12,15,31H2,1-3H3,(H,32,36)(H,33,38). The van der Waals surface area contributed by atoms with Crippen LogP contribution >= 0.6 is 11.6 Å². The molecule has 0 radical (unpaired) electrons. The summed E-state index contributed by atoms with van der Waals surface area (Å²) in [7, 11) is 0. The molecule has 1 fully saturated rings. The van der Waals surface area contributed by atoms with E-state index in [2.05, 4.69) is 15.8 Å². The Morgan fingerprint density at radius 2 is 1.87 bits per heavy atom. The van der Waals surface area contributed by atoms with E-state index in [-0.39, 0.29) is 23.6 Å². The number of carbonyl (C=O) groups excluding carboxylic acids is 2. The van der Waals surface area contributed by atoms with E-state index < -0.39 is 17.5 Å². The SMILES string of the molecule is Cc1onc2c1c(=O)n(C1CCCC(NC(=O)C(NC(=O)C(C)(C)N)c3ccccc3)C1)c1cccc(Cl)c21. The van der Waals surface area contributed by atoms with E-state index in [1.165, 1.54) is 0 Å². The van der Waals surface area contributed by atoms with Gasteiger partial charge in [0.2, 0.25) is 11.8 Å². The molecule has 2 aromatic heterocycles. The highest BCUT2D eigenvalue weighted by atomic mass is 35.5. The Morgan fingerprint density at radius 1 is 1.13 bits per heavy atom. The van der Waals surface area contributed by atoms with Crippen LogP contribution in [0.2, 0.25) is 5.02 Å². The van der Waals surface area contributed by atoms with E-state index in [1.807, 2.05) is 30.3 Å². The number of nitrogens with two attached hydrogens (primary N) is 1. The molecule has 2 heterocycles. The quantitative estimate of drug-likeness (QED) is 0.328. The summed E-state index contributed by atoms with van der Waals surface area (Å²) in [5, 5.41) is 11.6. The summed E-state index contributed by atoms with van der Waals surface area (Å²) in [5.41, 5.74) is 6.46. The van der Waals surface area contributed by atoms with Gasteiger partial charge in [-0.1, -0.05) is 53.2 Å². The maximum Gasteiger partial charge on any atom is 0.264 e. The molecule has 2 amide bonds. The number of fused-ring (bicyclic) bond motifs is 3. The van der Waals surface area contributed by atoms with Crippen LogP contribution in [0.3, 0.4) is 0 Å². The van der Waals surface area contributed by atoms with Gasteiger partial charge in [0.05, 0.1) is 16.1 Å². The Balaban J connectivity index is 1.45. The number of rotatable bonds is 6. The second-order valence-corrected chi connectivity index (χ2v) is 11.2. The van der Waals surface area contributed by atoms with Crippen molar-refractivity contribution >= 4 is 45.2 Å². The molecule has 1 saturated carbocycles. The van der Waals surface area contributed by atoms with Gasteiger partial charge < -0.3 is 25.5 Å². The molecule has 1 aliphatic carbocycles. The van der Waals surface area contributed by atoms with Gasteiger partial charge >= 0.3 is 0 Å². The van der Waals surface area contributed by atoms with Crippen LogP contribution in [-0.2, 0) is 9.59 Å². The topological polar surface area (TPSA) is 132 Å². The van der Waals surface area contributed by atoms with E-state index in [0.717, 1.165) is 19.3 Å². The minimum Gasteiger partial charge on any atom is -0.360 e. The number of aryl methyl sites for hydroxylation is 1. The van der Waals surface area contributed by atoms with Gasteiger partial charge in [0.25, 0.3) is 5.56 Å². The molecule has 4 N–H and O–H groups in total. The molecule has 3 atom stereocenters.